The lowest BCUT2D eigenvalue weighted by molar-refractivity contribution is 0.855. The van der Waals surface area contributed by atoms with E-state index >= 15 is 0 Å². The van der Waals surface area contributed by atoms with E-state index in [9.17, 15) is 0 Å². The molecule has 0 atom stereocenters. The molecule has 2 heterocycles. The predicted octanol–water partition coefficient (Wildman–Crippen LogP) is 2.12. The van der Waals surface area contributed by atoms with Crippen LogP contribution in [0.4, 0.5) is 5.13 Å². The first-order valence-corrected chi connectivity index (χ1v) is 6.54. The molecule has 1 aromatic carbocycles. The summed E-state index contributed by atoms with van der Waals surface area (Å²) in [5, 5.41) is 12.8. The van der Waals surface area contributed by atoms with Crippen LogP contribution < -0.4 is 5.73 Å². The Labute approximate surface area is 109 Å². The molecule has 2 N–H and O–H groups in total. The number of nitrogen functional groups attached to an aromatic ring is 1. The molecular weight excluding hydrogens is 302 g/mol. The van der Waals surface area contributed by atoms with Gasteiger partial charge in [0, 0.05) is 10.9 Å². The molecule has 0 fully saturated rings. The number of aromatic nitrogens is 4. The molecule has 3 rings (SSSR count). The molecule has 0 radical (unpaired) electrons. The average Bonchev–Trinajstić information content (AvgIpc) is 2.83. The Hall–Kier alpha value is -1.47. The zero-order valence-electron chi connectivity index (χ0n) is 8.67. The Morgan fingerprint density at radius 1 is 1.24 bits per heavy atom. The number of fused-ring (bicyclic) bond motifs is 1. The van der Waals surface area contributed by atoms with Crippen molar-refractivity contribution in [3.63, 3.8) is 0 Å². The minimum atomic E-state index is 0.506. The summed E-state index contributed by atoms with van der Waals surface area (Å²) in [6.07, 6.45) is 0.692. The van der Waals surface area contributed by atoms with E-state index in [1.807, 2.05) is 24.3 Å². The first kappa shape index (κ1) is 10.7. The molecule has 5 nitrogen and oxygen atoms in total. The minimum absolute atomic E-state index is 0.506. The van der Waals surface area contributed by atoms with Crippen molar-refractivity contribution in [2.45, 2.75) is 6.42 Å². The third-order valence-corrected chi connectivity index (χ3v) is 3.60. The van der Waals surface area contributed by atoms with Gasteiger partial charge in [-0.2, -0.15) is 4.52 Å². The molecule has 0 amide bonds. The van der Waals surface area contributed by atoms with Gasteiger partial charge in [0.15, 0.2) is 5.82 Å². The fourth-order valence-electron chi connectivity index (χ4n) is 1.57. The molecule has 0 unspecified atom stereocenters. The summed E-state index contributed by atoms with van der Waals surface area (Å²) >= 11 is 4.74. The van der Waals surface area contributed by atoms with Gasteiger partial charge >= 0.3 is 0 Å². The second-order valence-electron chi connectivity index (χ2n) is 3.55. The van der Waals surface area contributed by atoms with E-state index < -0.39 is 0 Å². The van der Waals surface area contributed by atoms with E-state index in [2.05, 4.69) is 31.2 Å². The number of benzene rings is 1. The molecule has 0 spiro atoms. The van der Waals surface area contributed by atoms with Crippen molar-refractivity contribution in [1.29, 1.82) is 0 Å². The van der Waals surface area contributed by atoms with Crippen molar-refractivity contribution in [3.05, 3.63) is 40.1 Å². The fraction of sp³-hybridized carbons (Fsp3) is 0.100. The highest BCUT2D eigenvalue weighted by atomic mass is 79.9. The number of nitrogens with two attached hydrogens (primary N) is 1. The lowest BCUT2D eigenvalue weighted by Crippen LogP contribution is -1.98. The Balaban J connectivity index is 1.96. The quantitative estimate of drug-likeness (QED) is 0.787. The van der Waals surface area contributed by atoms with Crippen molar-refractivity contribution in [1.82, 2.24) is 19.8 Å². The van der Waals surface area contributed by atoms with Gasteiger partial charge in [0.2, 0.25) is 10.1 Å². The molecule has 2 aromatic heterocycles. The zero-order valence-corrected chi connectivity index (χ0v) is 11.1. The molecule has 0 aliphatic heterocycles. The summed E-state index contributed by atoms with van der Waals surface area (Å²) in [7, 11) is 0. The molecule has 7 heteroatoms. The smallest absolute Gasteiger partial charge is 0.236 e. The Bertz CT molecular complexity index is 657. The normalized spacial score (nSPS) is 11.1. The largest absolute Gasteiger partial charge is 0.374 e. The van der Waals surface area contributed by atoms with Gasteiger partial charge in [0.25, 0.3) is 0 Å². The first-order valence-electron chi connectivity index (χ1n) is 4.93. The van der Waals surface area contributed by atoms with Crippen molar-refractivity contribution in [3.8, 4) is 0 Å². The third-order valence-electron chi connectivity index (χ3n) is 2.35. The van der Waals surface area contributed by atoms with E-state index in [4.69, 9.17) is 5.73 Å². The van der Waals surface area contributed by atoms with E-state index in [1.165, 1.54) is 11.3 Å². The number of nitrogens with zero attached hydrogens (tertiary/aromatic N) is 4. The molecular formula is C10H8BrN5S. The zero-order chi connectivity index (χ0) is 11.8. The van der Waals surface area contributed by atoms with Crippen LogP contribution in [-0.2, 0) is 6.42 Å². The van der Waals surface area contributed by atoms with Crippen LogP contribution in [0.1, 0.15) is 11.4 Å². The van der Waals surface area contributed by atoms with Crippen LogP contribution >= 0.6 is 27.3 Å². The summed E-state index contributed by atoms with van der Waals surface area (Å²) in [6, 6.07) is 8.09. The lowest BCUT2D eigenvalue weighted by atomic mass is 10.1. The Kier molecular flexibility index (Phi) is 2.56. The number of rotatable bonds is 2. The summed E-state index contributed by atoms with van der Waals surface area (Å²) in [5.41, 5.74) is 6.79. The van der Waals surface area contributed by atoms with Crippen LogP contribution in [-0.4, -0.2) is 19.8 Å². The molecule has 3 aromatic rings. The van der Waals surface area contributed by atoms with Crippen LogP contribution in [0.5, 0.6) is 0 Å². The molecule has 0 saturated heterocycles. The summed E-state index contributed by atoms with van der Waals surface area (Å²) < 4.78 is 2.76. The van der Waals surface area contributed by atoms with E-state index in [0.29, 0.717) is 11.6 Å². The maximum Gasteiger partial charge on any atom is 0.236 e. The molecule has 0 bridgehead atoms. The average molecular weight is 310 g/mol. The maximum absolute atomic E-state index is 5.63. The predicted molar refractivity (Wildman–Crippen MR) is 70.0 cm³/mol. The molecule has 0 aliphatic carbocycles. The van der Waals surface area contributed by atoms with Crippen molar-refractivity contribution >= 4 is 37.4 Å². The van der Waals surface area contributed by atoms with Gasteiger partial charge in [-0.25, -0.2) is 0 Å². The van der Waals surface area contributed by atoms with Gasteiger partial charge in [-0.05, 0) is 17.7 Å². The summed E-state index contributed by atoms with van der Waals surface area (Å²) in [5.74, 6) is 0.801. The van der Waals surface area contributed by atoms with Crippen molar-refractivity contribution in [2.24, 2.45) is 0 Å². The van der Waals surface area contributed by atoms with E-state index in [1.54, 1.807) is 4.52 Å². The van der Waals surface area contributed by atoms with Gasteiger partial charge in [-0.1, -0.05) is 39.4 Å². The number of halogens is 1. The molecule has 0 aliphatic rings. The monoisotopic (exact) mass is 309 g/mol. The van der Waals surface area contributed by atoms with Crippen molar-refractivity contribution in [2.75, 3.05) is 5.73 Å². The Morgan fingerprint density at radius 3 is 2.76 bits per heavy atom. The third kappa shape index (κ3) is 2.03. The van der Waals surface area contributed by atoms with Gasteiger partial charge in [-0.3, -0.25) is 0 Å². The topological polar surface area (TPSA) is 69.1 Å². The number of hydrogen-bond acceptors (Lipinski definition) is 5. The highest BCUT2D eigenvalue weighted by molar-refractivity contribution is 9.10. The molecule has 0 saturated carbocycles. The second kappa shape index (κ2) is 4.08. The first-order chi connectivity index (χ1) is 8.22. The molecule has 17 heavy (non-hydrogen) atoms. The SMILES string of the molecule is Nc1nn2c(Cc3ccc(Br)cc3)nnc2s1. The second-order valence-corrected chi connectivity index (χ2v) is 5.46. The highest BCUT2D eigenvalue weighted by Crippen LogP contribution is 2.18. The van der Waals surface area contributed by atoms with Gasteiger partial charge < -0.3 is 5.73 Å². The van der Waals surface area contributed by atoms with Crippen molar-refractivity contribution < 1.29 is 0 Å². The van der Waals surface area contributed by atoms with Crippen LogP contribution in [0.25, 0.3) is 4.96 Å². The van der Waals surface area contributed by atoms with E-state index in [0.717, 1.165) is 20.8 Å². The van der Waals surface area contributed by atoms with Crippen LogP contribution in [0.2, 0.25) is 0 Å². The fourth-order valence-corrected chi connectivity index (χ4v) is 2.46. The Morgan fingerprint density at radius 2 is 2.00 bits per heavy atom. The highest BCUT2D eigenvalue weighted by Gasteiger charge is 2.10. The summed E-state index contributed by atoms with van der Waals surface area (Å²) in [4.78, 5) is 0.731. The van der Waals surface area contributed by atoms with Gasteiger partial charge in [0.1, 0.15) is 0 Å². The van der Waals surface area contributed by atoms with Crippen LogP contribution in [0.15, 0.2) is 28.7 Å². The van der Waals surface area contributed by atoms with Crippen LogP contribution in [0.3, 0.4) is 0 Å². The summed E-state index contributed by atoms with van der Waals surface area (Å²) in [6.45, 7) is 0. The standard InChI is InChI=1S/C10H8BrN5S/c11-7-3-1-6(2-4-7)5-8-13-14-10-16(8)15-9(12)17-10/h1-4H,5H2,(H2,12,15). The lowest BCUT2D eigenvalue weighted by Gasteiger charge is -1.98. The number of anilines is 1. The van der Waals surface area contributed by atoms with Gasteiger partial charge in [0.05, 0.1) is 0 Å². The minimum Gasteiger partial charge on any atom is -0.374 e. The molecule has 86 valence electrons. The van der Waals surface area contributed by atoms with E-state index in [-0.39, 0.29) is 0 Å². The van der Waals surface area contributed by atoms with Crippen LogP contribution in [0, 0.1) is 0 Å². The van der Waals surface area contributed by atoms with Gasteiger partial charge in [-0.15, -0.1) is 15.3 Å². The number of hydrogen-bond donors (Lipinski definition) is 1. The maximum atomic E-state index is 5.63.